The molecule has 1 fully saturated rings. The zero-order valence-electron chi connectivity index (χ0n) is 29.3. The van der Waals surface area contributed by atoms with Gasteiger partial charge in [0, 0.05) is 58.9 Å². The summed E-state index contributed by atoms with van der Waals surface area (Å²) in [5.41, 5.74) is 11.2. The first-order valence-corrected chi connectivity index (χ1v) is 17.4. The van der Waals surface area contributed by atoms with Crippen molar-refractivity contribution < 1.29 is 34.2 Å². The number of carboxylic acid groups (broad SMARTS) is 2. The molecule has 1 aliphatic rings. The minimum Gasteiger partial charge on any atom is -0.480 e. The van der Waals surface area contributed by atoms with E-state index in [1.807, 2.05) is 88.4 Å². The van der Waals surface area contributed by atoms with Gasteiger partial charge >= 0.3 is 11.9 Å². The van der Waals surface area contributed by atoms with Gasteiger partial charge < -0.3 is 26.2 Å². The van der Waals surface area contributed by atoms with Crippen LogP contribution >= 0.6 is 0 Å². The molecule has 0 aromatic heterocycles. The summed E-state index contributed by atoms with van der Waals surface area (Å²) < 4.78 is 0. The fourth-order valence-corrected chi connectivity index (χ4v) is 5.94. The second kappa shape index (κ2) is 20.4. The molecule has 0 aliphatic carbocycles. The minimum atomic E-state index is -0.901. The number of hydrogen-bond donors (Lipinski definition) is 5. The maximum Gasteiger partial charge on any atom is 0.317 e. The number of nitrogens with one attached hydrogen (secondary N) is 2. The molecule has 0 bridgehead atoms. The van der Waals surface area contributed by atoms with Gasteiger partial charge in [-0.25, -0.2) is 5.48 Å². The van der Waals surface area contributed by atoms with Crippen molar-refractivity contribution in [3.63, 3.8) is 0 Å². The maximum absolute atomic E-state index is 13.0. The number of nitrogens with zero attached hydrogens (tertiary/aromatic N) is 4. The fraction of sp³-hybridized carbons (Fsp3) is 0.459. The molecule has 3 aromatic carbocycles. The zero-order valence-corrected chi connectivity index (χ0v) is 29.3. The van der Waals surface area contributed by atoms with E-state index in [0.717, 1.165) is 34.0 Å². The zero-order chi connectivity index (χ0) is 36.6. The van der Waals surface area contributed by atoms with E-state index in [9.17, 15) is 29.4 Å². The average Bonchev–Trinajstić information content (AvgIpc) is 3.10. The lowest BCUT2D eigenvalue weighted by molar-refractivity contribution is -0.139. The number of carbonyl (C=O) groups is 4. The predicted molar refractivity (Wildman–Crippen MR) is 194 cm³/mol. The molecule has 6 N–H and O–H groups in total. The van der Waals surface area contributed by atoms with Crippen molar-refractivity contribution in [1.82, 2.24) is 30.4 Å². The van der Waals surface area contributed by atoms with E-state index in [-0.39, 0.29) is 32.1 Å². The van der Waals surface area contributed by atoms with E-state index < -0.39 is 23.9 Å². The molecule has 4 rings (SSSR count). The first kappa shape index (κ1) is 39.3. The molecule has 1 aliphatic heterocycles. The highest BCUT2D eigenvalue weighted by atomic mass is 16.6. The Hall–Kier alpha value is -4.44. The van der Waals surface area contributed by atoms with Gasteiger partial charge in [0.15, 0.2) is 0 Å². The Labute approximate surface area is 299 Å². The number of fused-ring (bicyclic) bond motifs is 1. The van der Waals surface area contributed by atoms with E-state index >= 15 is 0 Å². The number of carbonyl (C=O) groups excluding carboxylic acids is 2. The predicted octanol–water partition coefficient (Wildman–Crippen LogP) is 0.985. The Bertz CT molecular complexity index is 1560. The molecule has 1 atom stereocenters. The van der Waals surface area contributed by atoms with Crippen molar-refractivity contribution in [3.8, 4) is 0 Å². The topological polar surface area (TPSA) is 181 Å². The number of benzene rings is 3. The summed E-state index contributed by atoms with van der Waals surface area (Å²) in [5, 5.41) is 24.0. The SMILES string of the molecule is CCN1CCN(CC(=O)O)CCN(CC(=O)NCc2ccc(CONC(=O)[C@H](N)Cc3ccc4ccccc4c3)cc2)CCN(CC(=O)O)CC1. The number of aliphatic carboxylic acids is 2. The van der Waals surface area contributed by atoms with Crippen LogP contribution in [0.5, 0.6) is 0 Å². The molecular formula is C37H51N7O7. The van der Waals surface area contributed by atoms with Crippen molar-refractivity contribution in [2.45, 2.75) is 32.5 Å². The molecule has 1 saturated heterocycles. The van der Waals surface area contributed by atoms with Gasteiger partial charge in [-0.15, -0.1) is 0 Å². The fourth-order valence-electron chi connectivity index (χ4n) is 5.94. The van der Waals surface area contributed by atoms with Gasteiger partial charge in [0.05, 0.1) is 32.3 Å². The normalized spacial score (nSPS) is 16.5. The maximum atomic E-state index is 13.0. The quantitative estimate of drug-likeness (QED) is 0.142. The van der Waals surface area contributed by atoms with Crippen LogP contribution in [0.15, 0.2) is 66.7 Å². The number of hydroxylamine groups is 1. The molecule has 14 heteroatoms. The van der Waals surface area contributed by atoms with Gasteiger partial charge in [0.1, 0.15) is 0 Å². The summed E-state index contributed by atoms with van der Waals surface area (Å²) in [6.45, 7) is 7.52. The van der Waals surface area contributed by atoms with Crippen LogP contribution in [-0.2, 0) is 43.6 Å². The van der Waals surface area contributed by atoms with Crippen molar-refractivity contribution in [1.29, 1.82) is 0 Å². The number of amides is 2. The molecule has 0 saturated carbocycles. The van der Waals surface area contributed by atoms with Crippen LogP contribution in [0.1, 0.15) is 23.6 Å². The number of nitrogens with two attached hydrogens (primary N) is 1. The second-order valence-electron chi connectivity index (χ2n) is 12.9. The molecule has 1 heterocycles. The summed E-state index contributed by atoms with van der Waals surface area (Å²) in [4.78, 5) is 61.9. The Morgan fingerprint density at radius 2 is 1.22 bits per heavy atom. The van der Waals surface area contributed by atoms with Gasteiger partial charge in [0.2, 0.25) is 5.91 Å². The van der Waals surface area contributed by atoms with Gasteiger partial charge in [0.25, 0.3) is 5.91 Å². The van der Waals surface area contributed by atoms with Crippen LogP contribution in [0.2, 0.25) is 0 Å². The number of likely N-dealkylation sites (N-methyl/N-ethyl adjacent to an activating group) is 1. The molecule has 0 unspecified atom stereocenters. The van der Waals surface area contributed by atoms with Crippen LogP contribution in [0.3, 0.4) is 0 Å². The number of carboxylic acids is 2. The van der Waals surface area contributed by atoms with Crippen LogP contribution in [0.4, 0.5) is 0 Å². The molecule has 3 aromatic rings. The second-order valence-corrected chi connectivity index (χ2v) is 12.9. The minimum absolute atomic E-state index is 0.0875. The van der Waals surface area contributed by atoms with Crippen molar-refractivity contribution >= 4 is 34.5 Å². The van der Waals surface area contributed by atoms with E-state index in [4.69, 9.17) is 10.6 Å². The molecule has 0 spiro atoms. The van der Waals surface area contributed by atoms with Crippen LogP contribution < -0.4 is 16.5 Å². The van der Waals surface area contributed by atoms with Crippen LogP contribution in [0.25, 0.3) is 10.8 Å². The van der Waals surface area contributed by atoms with Gasteiger partial charge in [-0.1, -0.05) is 73.7 Å². The van der Waals surface area contributed by atoms with Crippen molar-refractivity contribution in [2.24, 2.45) is 5.73 Å². The molecular weight excluding hydrogens is 654 g/mol. The van der Waals surface area contributed by atoms with Crippen LogP contribution in [0, 0.1) is 0 Å². The van der Waals surface area contributed by atoms with Crippen molar-refractivity contribution in [2.75, 3.05) is 78.5 Å². The third kappa shape index (κ3) is 14.0. The van der Waals surface area contributed by atoms with Gasteiger partial charge in [-0.2, -0.15) is 0 Å². The lowest BCUT2D eigenvalue weighted by atomic mass is 10.0. The Morgan fingerprint density at radius 3 is 1.78 bits per heavy atom. The van der Waals surface area contributed by atoms with E-state index in [1.54, 1.807) is 0 Å². The highest BCUT2D eigenvalue weighted by Crippen LogP contribution is 2.16. The smallest absolute Gasteiger partial charge is 0.317 e. The summed E-state index contributed by atoms with van der Waals surface area (Å²) in [5.74, 6) is -2.40. The van der Waals surface area contributed by atoms with Crippen molar-refractivity contribution in [3.05, 3.63) is 83.4 Å². The number of hydrogen-bond acceptors (Lipinski definition) is 10. The number of rotatable bonds is 15. The van der Waals surface area contributed by atoms with Crippen LogP contribution in [-0.4, -0.2) is 138 Å². The molecule has 51 heavy (non-hydrogen) atoms. The third-order valence-corrected chi connectivity index (χ3v) is 8.99. The summed E-state index contributed by atoms with van der Waals surface area (Å²) in [7, 11) is 0. The van der Waals surface area contributed by atoms with Gasteiger partial charge in [-0.05, 0) is 40.4 Å². The molecule has 2 amide bonds. The highest BCUT2D eigenvalue weighted by molar-refractivity contribution is 5.84. The standard InChI is InChI=1S/C37H51N7O7/c1-2-41-13-15-43(25-35(46)47)19-17-42(18-20-44(16-14-41)26-36(48)49)24-34(45)39-23-28-7-9-29(10-8-28)27-51-40-37(50)33(38)22-30-11-12-31-5-3-4-6-32(31)21-30/h3-12,21,33H,2,13-20,22-27,38H2,1H3,(H,39,45)(H,40,50)(H,46,47)(H,48,49)/t33-/m1/s1. The first-order chi connectivity index (χ1) is 24.6. The Morgan fingerprint density at radius 1 is 0.706 bits per heavy atom. The highest BCUT2D eigenvalue weighted by Gasteiger charge is 2.20. The lowest BCUT2D eigenvalue weighted by Gasteiger charge is -2.33. The summed E-state index contributed by atoms with van der Waals surface area (Å²) >= 11 is 0. The average molecular weight is 706 g/mol. The van der Waals surface area contributed by atoms with E-state index in [2.05, 4.69) is 15.7 Å². The van der Waals surface area contributed by atoms with E-state index in [0.29, 0.717) is 65.3 Å². The largest absolute Gasteiger partial charge is 0.480 e. The van der Waals surface area contributed by atoms with E-state index in [1.165, 1.54) is 0 Å². The third-order valence-electron chi connectivity index (χ3n) is 8.99. The molecule has 276 valence electrons. The summed E-state index contributed by atoms with van der Waals surface area (Å²) in [6, 6.07) is 20.7. The molecule has 0 radical (unpaired) electrons. The lowest BCUT2D eigenvalue weighted by Crippen LogP contribution is -2.49. The Balaban J connectivity index is 1.22. The monoisotopic (exact) mass is 705 g/mol. The first-order valence-electron chi connectivity index (χ1n) is 17.4. The molecule has 14 nitrogen and oxygen atoms in total. The Kier molecular flexibility index (Phi) is 15.8. The summed E-state index contributed by atoms with van der Waals surface area (Å²) in [6.07, 6.45) is 0.377. The van der Waals surface area contributed by atoms with Gasteiger partial charge in [-0.3, -0.25) is 38.7 Å².